The molecule has 0 spiro atoms. The Labute approximate surface area is 260 Å². The van der Waals surface area contributed by atoms with Crippen molar-refractivity contribution >= 4 is 36.2 Å². The zero-order valence-corrected chi connectivity index (χ0v) is 26.0. The number of hydrogen-bond donors (Lipinski definition) is 5. The lowest BCUT2D eigenvalue weighted by atomic mass is 10.0. The van der Waals surface area contributed by atoms with Gasteiger partial charge < -0.3 is 29.7 Å². The Morgan fingerprint density at radius 1 is 0.689 bits per heavy atom. The Bertz CT molecular complexity index is 2190. The maximum absolute atomic E-state index is 11.6. The van der Waals surface area contributed by atoms with E-state index >= 15 is 0 Å². The molecule has 8 heteroatoms. The fourth-order valence-corrected chi connectivity index (χ4v) is 6.39. The number of H-pyrrole nitrogens is 3. The molecule has 0 amide bonds. The third-order valence-corrected chi connectivity index (χ3v) is 8.87. The summed E-state index contributed by atoms with van der Waals surface area (Å²) in [6.07, 6.45) is 9.18. The second-order valence-electron chi connectivity index (χ2n) is 12.0. The number of nitrogens with one attached hydrogen (secondary N) is 3. The van der Waals surface area contributed by atoms with Crippen LogP contribution < -0.4 is 21.4 Å². The van der Waals surface area contributed by atoms with Crippen LogP contribution in [0.3, 0.4) is 0 Å². The molecule has 8 bridgehead atoms. The van der Waals surface area contributed by atoms with E-state index in [-0.39, 0.29) is 12.8 Å². The van der Waals surface area contributed by atoms with Gasteiger partial charge in [-0.25, -0.2) is 0 Å². The van der Waals surface area contributed by atoms with Crippen molar-refractivity contribution in [3.05, 3.63) is 126 Å². The summed E-state index contributed by atoms with van der Waals surface area (Å²) in [6.45, 7) is 8.95. The molecule has 5 N–H and O–H groups in total. The fourth-order valence-electron chi connectivity index (χ4n) is 6.39. The van der Waals surface area contributed by atoms with E-state index in [1.54, 1.807) is 0 Å². The molecule has 45 heavy (non-hydrogen) atoms. The molecule has 4 aromatic heterocycles. The van der Waals surface area contributed by atoms with Crippen LogP contribution in [-0.2, 0) is 29.0 Å². The highest BCUT2D eigenvalue weighted by molar-refractivity contribution is 5.69. The van der Waals surface area contributed by atoms with Crippen molar-refractivity contribution in [3.8, 4) is 0 Å². The van der Waals surface area contributed by atoms with Crippen molar-refractivity contribution in [1.82, 2.24) is 19.5 Å². The minimum Gasteiger partial charge on any atom is -0.481 e. The molecule has 8 nitrogen and oxygen atoms in total. The van der Waals surface area contributed by atoms with Gasteiger partial charge in [0.15, 0.2) is 0 Å². The molecular weight excluding hydrogens is 564 g/mol. The van der Waals surface area contributed by atoms with E-state index in [0.717, 1.165) is 77.6 Å². The van der Waals surface area contributed by atoms with Crippen molar-refractivity contribution in [1.29, 1.82) is 0 Å². The molecule has 230 valence electrons. The quantitative estimate of drug-likeness (QED) is 0.183. The Morgan fingerprint density at radius 2 is 1.40 bits per heavy atom. The molecule has 0 radical (unpaired) electrons. The minimum atomic E-state index is -0.853. The van der Waals surface area contributed by atoms with Gasteiger partial charge in [-0.2, -0.15) is 0 Å². The molecule has 1 aliphatic rings. The molecule has 6 rings (SSSR count). The van der Waals surface area contributed by atoms with Gasteiger partial charge in [0.2, 0.25) is 0 Å². The summed E-state index contributed by atoms with van der Waals surface area (Å²) < 4.78 is 2.32. The van der Waals surface area contributed by atoms with Crippen LogP contribution in [0.25, 0.3) is 24.3 Å². The molecule has 5 aromatic rings. The maximum atomic E-state index is 11.6. The second kappa shape index (κ2) is 12.0. The number of benzene rings is 1. The highest BCUT2D eigenvalue weighted by Gasteiger charge is 2.16. The predicted molar refractivity (Wildman–Crippen MR) is 176 cm³/mol. The lowest BCUT2D eigenvalue weighted by Crippen LogP contribution is -2.28. The third-order valence-electron chi connectivity index (χ3n) is 8.87. The number of carbonyl (C=O) groups is 2. The van der Waals surface area contributed by atoms with Crippen molar-refractivity contribution in [2.24, 2.45) is 0 Å². The van der Waals surface area contributed by atoms with E-state index in [4.69, 9.17) is 0 Å². The van der Waals surface area contributed by atoms with Crippen LogP contribution in [0.2, 0.25) is 0 Å². The van der Waals surface area contributed by atoms with E-state index in [1.165, 1.54) is 5.56 Å². The number of carboxylic acid groups (broad SMARTS) is 2. The normalized spacial score (nSPS) is 12.2. The van der Waals surface area contributed by atoms with Crippen LogP contribution in [-0.4, -0.2) is 41.7 Å². The molecule has 0 fully saturated rings. The number of aromatic nitrogens is 4. The van der Waals surface area contributed by atoms with Gasteiger partial charge in [-0.3, -0.25) is 9.59 Å². The number of aromatic amines is 3. The van der Waals surface area contributed by atoms with E-state index in [0.29, 0.717) is 19.4 Å². The number of carboxylic acids is 2. The minimum absolute atomic E-state index is 0.00440. The summed E-state index contributed by atoms with van der Waals surface area (Å²) in [5, 5.41) is 22.9. The molecule has 1 aromatic carbocycles. The number of hydrogen-bond acceptors (Lipinski definition) is 2. The molecule has 0 saturated heterocycles. The summed E-state index contributed by atoms with van der Waals surface area (Å²) in [5.41, 5.74) is 11.0. The third kappa shape index (κ3) is 6.09. The molecular formula is C37H38N4O4. The van der Waals surface area contributed by atoms with E-state index in [9.17, 15) is 19.8 Å². The van der Waals surface area contributed by atoms with Gasteiger partial charge in [-0.05, 0) is 116 Å². The number of aryl methyl sites for hydroxylation is 2. The van der Waals surface area contributed by atoms with Crippen LogP contribution in [0.4, 0.5) is 0 Å². The average Bonchev–Trinajstić information content (AvgIpc) is 3.67. The SMILES string of the molecule is Cc1cc2[nH]c1C=c1cc(C)c(n1Cc1ccccc1)=Cc1[nH]c(c(CCC(=O)O)c1C)C=c1[nH]c(c(C)c1CCC(=O)O)=C2. The zero-order chi connectivity index (χ0) is 31.8. The lowest BCUT2D eigenvalue weighted by Gasteiger charge is -2.07. The van der Waals surface area contributed by atoms with Crippen molar-refractivity contribution in [2.45, 2.75) is 59.9 Å². The molecule has 0 unspecified atom stereocenters. The van der Waals surface area contributed by atoms with Crippen LogP contribution in [0.1, 0.15) is 74.6 Å². The Hall–Kier alpha value is -5.24. The number of fused-ring (bicyclic) bond motifs is 8. The van der Waals surface area contributed by atoms with Crippen LogP contribution in [0, 0.1) is 27.7 Å². The first-order valence-electron chi connectivity index (χ1n) is 15.3. The molecule has 5 heterocycles. The Balaban J connectivity index is 1.68. The summed E-state index contributed by atoms with van der Waals surface area (Å²) in [6, 6.07) is 14.7. The lowest BCUT2D eigenvalue weighted by molar-refractivity contribution is -0.138. The first kappa shape index (κ1) is 29.8. The predicted octanol–water partition coefficient (Wildman–Crippen LogP) is 3.42. The highest BCUT2D eigenvalue weighted by atomic mass is 16.4. The summed E-state index contributed by atoms with van der Waals surface area (Å²) in [4.78, 5) is 34.0. The van der Waals surface area contributed by atoms with E-state index < -0.39 is 11.9 Å². The van der Waals surface area contributed by atoms with Crippen molar-refractivity contribution in [2.75, 3.05) is 0 Å². The average molecular weight is 603 g/mol. The number of aliphatic carboxylic acids is 2. The highest BCUT2D eigenvalue weighted by Crippen LogP contribution is 2.22. The zero-order valence-electron chi connectivity index (χ0n) is 26.0. The first-order chi connectivity index (χ1) is 21.6. The summed E-state index contributed by atoms with van der Waals surface area (Å²) in [7, 11) is 0. The largest absolute Gasteiger partial charge is 0.481 e. The summed E-state index contributed by atoms with van der Waals surface area (Å²) in [5.74, 6) is -1.71. The molecule has 0 saturated carbocycles. The van der Waals surface area contributed by atoms with Crippen molar-refractivity contribution in [3.63, 3.8) is 0 Å². The van der Waals surface area contributed by atoms with E-state index in [1.807, 2.05) is 26.0 Å². The van der Waals surface area contributed by atoms with Gasteiger partial charge in [-0.15, -0.1) is 0 Å². The fraction of sp³-hybridized carbons (Fsp3) is 0.243. The van der Waals surface area contributed by atoms with Gasteiger partial charge in [0.05, 0.1) is 0 Å². The Kier molecular flexibility index (Phi) is 7.97. The monoisotopic (exact) mass is 602 g/mol. The topological polar surface area (TPSA) is 127 Å². The van der Waals surface area contributed by atoms with Gasteiger partial charge in [0.25, 0.3) is 0 Å². The van der Waals surface area contributed by atoms with Gasteiger partial charge in [-0.1, -0.05) is 30.3 Å². The number of rotatable bonds is 8. The van der Waals surface area contributed by atoms with E-state index in [2.05, 4.69) is 88.0 Å². The standard InChI is InChI=1S/C37H38N4O4/c1-21-14-26-16-31-23(3)28(10-12-36(42)43)33(39-31)18-34-29(11-13-37(44)45)24(4)32(40-34)19-35-22(2)15-27(17-30(21)38-26)41(35)20-25-8-6-5-7-9-25/h5-9,14-19,38-40H,10-13,20H2,1-4H3,(H,42,43)(H,44,45). The van der Waals surface area contributed by atoms with Gasteiger partial charge >= 0.3 is 11.9 Å². The molecule has 1 aliphatic heterocycles. The summed E-state index contributed by atoms with van der Waals surface area (Å²) >= 11 is 0. The van der Waals surface area contributed by atoms with Crippen LogP contribution in [0.15, 0.2) is 42.5 Å². The van der Waals surface area contributed by atoms with Gasteiger partial charge in [0.1, 0.15) is 0 Å². The molecule has 0 aliphatic carbocycles. The van der Waals surface area contributed by atoms with Crippen LogP contribution in [0.5, 0.6) is 0 Å². The van der Waals surface area contributed by atoms with Gasteiger partial charge in [0, 0.05) is 63.6 Å². The van der Waals surface area contributed by atoms with Crippen LogP contribution >= 0.6 is 0 Å². The second-order valence-corrected chi connectivity index (χ2v) is 12.0. The maximum Gasteiger partial charge on any atom is 0.303 e. The smallest absolute Gasteiger partial charge is 0.303 e. The Morgan fingerprint density at radius 3 is 2.11 bits per heavy atom. The molecule has 0 atom stereocenters. The van der Waals surface area contributed by atoms with Crippen molar-refractivity contribution < 1.29 is 19.8 Å². The number of nitrogens with zero attached hydrogens (tertiary/aromatic N) is 1. The first-order valence-corrected chi connectivity index (χ1v) is 15.3.